The van der Waals surface area contributed by atoms with Crippen LogP contribution >= 0.6 is 0 Å². The summed E-state index contributed by atoms with van der Waals surface area (Å²) < 4.78 is 18.4. The number of carbonyl (C=O) groups excluding carboxylic acids is 1. The minimum Gasteiger partial charge on any atom is -0.496 e. The zero-order chi connectivity index (χ0) is 22.3. The Morgan fingerprint density at radius 2 is 1.91 bits per heavy atom. The standard InChI is InChI=1S/C24H28N4O4/c1-27-17-19(16-25-27)18-3-8-22(23(15-18)30-2)24(29)26-20-4-6-21(7-5-20)32-14-11-28-9-12-31-13-10-28/h3-8,15-17H,9-14H2,1-2H3,(H,26,29). The SMILES string of the molecule is COc1cc(-c2cnn(C)c2)ccc1C(=O)Nc1ccc(OCCN2CCOCC2)cc1. The second-order valence-corrected chi connectivity index (χ2v) is 7.60. The topological polar surface area (TPSA) is 77.9 Å². The largest absolute Gasteiger partial charge is 0.496 e. The van der Waals surface area contributed by atoms with Gasteiger partial charge in [-0.25, -0.2) is 0 Å². The summed E-state index contributed by atoms with van der Waals surface area (Å²) >= 11 is 0. The normalized spacial score (nSPS) is 14.2. The van der Waals surface area contributed by atoms with Crippen LogP contribution in [0.1, 0.15) is 10.4 Å². The lowest BCUT2D eigenvalue weighted by molar-refractivity contribution is 0.0322. The van der Waals surface area contributed by atoms with Crippen LogP contribution in [0.15, 0.2) is 54.9 Å². The van der Waals surface area contributed by atoms with E-state index in [0.717, 1.165) is 49.7 Å². The van der Waals surface area contributed by atoms with Gasteiger partial charge in [-0.2, -0.15) is 5.10 Å². The molecule has 0 spiro atoms. The molecule has 1 fully saturated rings. The molecule has 1 aliphatic heterocycles. The average Bonchev–Trinajstić information content (AvgIpc) is 3.26. The van der Waals surface area contributed by atoms with E-state index in [0.29, 0.717) is 23.6 Å². The van der Waals surface area contributed by atoms with Crippen LogP contribution < -0.4 is 14.8 Å². The van der Waals surface area contributed by atoms with Gasteiger partial charge in [0, 0.05) is 44.1 Å². The highest BCUT2D eigenvalue weighted by Gasteiger charge is 2.15. The van der Waals surface area contributed by atoms with Crippen LogP contribution in [0.5, 0.6) is 11.5 Å². The second kappa shape index (κ2) is 10.3. The van der Waals surface area contributed by atoms with Gasteiger partial charge in [-0.1, -0.05) is 6.07 Å². The van der Waals surface area contributed by atoms with Gasteiger partial charge in [0.25, 0.3) is 5.91 Å². The Balaban J connectivity index is 1.34. The van der Waals surface area contributed by atoms with E-state index in [1.807, 2.05) is 49.6 Å². The molecule has 3 aromatic rings. The van der Waals surface area contributed by atoms with Crippen LogP contribution in [-0.4, -0.2) is 67.2 Å². The van der Waals surface area contributed by atoms with Gasteiger partial charge in [-0.15, -0.1) is 0 Å². The third-order valence-electron chi connectivity index (χ3n) is 5.38. The van der Waals surface area contributed by atoms with Crippen molar-refractivity contribution in [2.45, 2.75) is 0 Å². The molecule has 1 N–H and O–H groups in total. The first-order valence-electron chi connectivity index (χ1n) is 10.6. The van der Waals surface area contributed by atoms with Gasteiger partial charge >= 0.3 is 0 Å². The van der Waals surface area contributed by atoms with Crippen molar-refractivity contribution in [3.63, 3.8) is 0 Å². The zero-order valence-electron chi connectivity index (χ0n) is 18.4. The number of nitrogens with zero attached hydrogens (tertiary/aromatic N) is 3. The van der Waals surface area contributed by atoms with Crippen molar-refractivity contribution in [1.82, 2.24) is 14.7 Å². The molecule has 168 valence electrons. The molecule has 1 aromatic heterocycles. The first kappa shape index (κ1) is 21.9. The fourth-order valence-corrected chi connectivity index (χ4v) is 3.58. The van der Waals surface area contributed by atoms with Crippen LogP contribution in [0, 0.1) is 0 Å². The van der Waals surface area contributed by atoms with Crippen LogP contribution in [-0.2, 0) is 11.8 Å². The summed E-state index contributed by atoms with van der Waals surface area (Å²) in [5.41, 5.74) is 3.05. The number of hydrogen-bond donors (Lipinski definition) is 1. The van der Waals surface area contributed by atoms with E-state index in [9.17, 15) is 4.79 Å². The third-order valence-corrected chi connectivity index (χ3v) is 5.38. The van der Waals surface area contributed by atoms with E-state index in [2.05, 4.69) is 15.3 Å². The molecule has 4 rings (SSSR count). The van der Waals surface area contributed by atoms with Gasteiger partial charge in [0.05, 0.1) is 32.1 Å². The monoisotopic (exact) mass is 436 g/mol. The fraction of sp³-hybridized carbons (Fsp3) is 0.333. The summed E-state index contributed by atoms with van der Waals surface area (Å²) in [6.45, 7) is 4.95. The lowest BCUT2D eigenvalue weighted by Crippen LogP contribution is -2.38. The van der Waals surface area contributed by atoms with E-state index in [4.69, 9.17) is 14.2 Å². The number of hydrogen-bond acceptors (Lipinski definition) is 6. The molecule has 2 heterocycles. The predicted octanol–water partition coefficient (Wildman–Crippen LogP) is 3.06. The quantitative estimate of drug-likeness (QED) is 0.585. The third kappa shape index (κ3) is 5.46. The van der Waals surface area contributed by atoms with E-state index in [-0.39, 0.29) is 5.91 Å². The molecule has 2 aromatic carbocycles. The van der Waals surface area contributed by atoms with Crippen molar-refractivity contribution in [1.29, 1.82) is 0 Å². The molecule has 1 amide bonds. The molecular weight excluding hydrogens is 408 g/mol. The maximum absolute atomic E-state index is 12.8. The fourth-order valence-electron chi connectivity index (χ4n) is 3.58. The van der Waals surface area contributed by atoms with Crippen molar-refractivity contribution < 1.29 is 19.0 Å². The molecular formula is C24H28N4O4. The van der Waals surface area contributed by atoms with E-state index in [1.165, 1.54) is 0 Å². The number of amides is 1. The number of nitrogens with one attached hydrogen (secondary N) is 1. The Bertz CT molecular complexity index is 1040. The molecule has 1 saturated heterocycles. The Labute approximate surface area is 187 Å². The van der Waals surface area contributed by atoms with Crippen molar-refractivity contribution in [3.05, 3.63) is 60.4 Å². The van der Waals surface area contributed by atoms with Gasteiger partial charge in [-0.05, 0) is 42.0 Å². The summed E-state index contributed by atoms with van der Waals surface area (Å²) in [4.78, 5) is 15.1. The highest BCUT2D eigenvalue weighted by atomic mass is 16.5. The number of benzene rings is 2. The number of carbonyl (C=O) groups is 1. The molecule has 0 radical (unpaired) electrons. The molecule has 0 unspecified atom stereocenters. The Hall–Kier alpha value is -3.36. The Morgan fingerprint density at radius 1 is 1.12 bits per heavy atom. The Morgan fingerprint density at radius 3 is 2.59 bits per heavy atom. The average molecular weight is 437 g/mol. The summed E-state index contributed by atoms with van der Waals surface area (Å²) in [6, 6.07) is 12.9. The number of anilines is 1. The minimum absolute atomic E-state index is 0.236. The number of aromatic nitrogens is 2. The summed E-state index contributed by atoms with van der Waals surface area (Å²) in [7, 11) is 3.42. The number of aryl methyl sites for hydroxylation is 1. The van der Waals surface area contributed by atoms with Gasteiger partial charge in [-0.3, -0.25) is 14.4 Å². The van der Waals surface area contributed by atoms with Gasteiger partial charge in [0.1, 0.15) is 18.1 Å². The van der Waals surface area contributed by atoms with Crippen LogP contribution in [0.3, 0.4) is 0 Å². The smallest absolute Gasteiger partial charge is 0.259 e. The molecule has 32 heavy (non-hydrogen) atoms. The van der Waals surface area contributed by atoms with Crippen molar-refractivity contribution >= 4 is 11.6 Å². The number of morpholine rings is 1. The van der Waals surface area contributed by atoms with Crippen LogP contribution in [0.4, 0.5) is 5.69 Å². The van der Waals surface area contributed by atoms with Gasteiger partial charge < -0.3 is 19.5 Å². The van der Waals surface area contributed by atoms with Crippen molar-refractivity contribution in [2.75, 3.05) is 51.9 Å². The van der Waals surface area contributed by atoms with E-state index in [1.54, 1.807) is 24.1 Å². The second-order valence-electron chi connectivity index (χ2n) is 7.60. The number of ether oxygens (including phenoxy) is 3. The highest BCUT2D eigenvalue weighted by molar-refractivity contribution is 6.06. The molecule has 0 bridgehead atoms. The number of rotatable bonds is 8. The zero-order valence-corrected chi connectivity index (χ0v) is 18.4. The van der Waals surface area contributed by atoms with Crippen LogP contribution in [0.25, 0.3) is 11.1 Å². The maximum Gasteiger partial charge on any atom is 0.259 e. The van der Waals surface area contributed by atoms with Crippen molar-refractivity contribution in [3.8, 4) is 22.6 Å². The van der Waals surface area contributed by atoms with E-state index < -0.39 is 0 Å². The van der Waals surface area contributed by atoms with Crippen molar-refractivity contribution in [2.24, 2.45) is 7.05 Å². The minimum atomic E-state index is -0.236. The summed E-state index contributed by atoms with van der Waals surface area (Å²) in [6.07, 6.45) is 3.69. The summed E-state index contributed by atoms with van der Waals surface area (Å²) in [5, 5.41) is 7.11. The maximum atomic E-state index is 12.8. The first-order valence-corrected chi connectivity index (χ1v) is 10.6. The molecule has 1 aliphatic rings. The number of methoxy groups -OCH3 is 1. The van der Waals surface area contributed by atoms with Gasteiger partial charge in [0.2, 0.25) is 0 Å². The molecule has 8 nitrogen and oxygen atoms in total. The molecule has 0 saturated carbocycles. The summed E-state index contributed by atoms with van der Waals surface area (Å²) in [5.74, 6) is 1.04. The molecule has 0 atom stereocenters. The van der Waals surface area contributed by atoms with Crippen LogP contribution in [0.2, 0.25) is 0 Å². The highest BCUT2D eigenvalue weighted by Crippen LogP contribution is 2.28. The molecule has 0 aliphatic carbocycles. The van der Waals surface area contributed by atoms with Gasteiger partial charge in [0.15, 0.2) is 0 Å². The molecule has 8 heteroatoms. The van der Waals surface area contributed by atoms with E-state index >= 15 is 0 Å². The predicted molar refractivity (Wildman–Crippen MR) is 122 cm³/mol. The lowest BCUT2D eigenvalue weighted by Gasteiger charge is -2.26. The Kier molecular flexibility index (Phi) is 7.03. The lowest BCUT2D eigenvalue weighted by atomic mass is 10.1. The first-order chi connectivity index (χ1) is 15.6.